The second kappa shape index (κ2) is 8.21. The minimum absolute atomic E-state index is 0.388. The summed E-state index contributed by atoms with van der Waals surface area (Å²) in [4.78, 5) is 4.41. The summed E-state index contributed by atoms with van der Waals surface area (Å²) >= 11 is 12.3. The van der Waals surface area contributed by atoms with Crippen molar-refractivity contribution < 1.29 is 4.74 Å². The summed E-state index contributed by atoms with van der Waals surface area (Å²) in [5.41, 5.74) is 2.62. The van der Waals surface area contributed by atoms with Crippen LogP contribution in [0.15, 0.2) is 42.6 Å². The molecule has 2 N–H and O–H groups in total. The van der Waals surface area contributed by atoms with E-state index in [-0.39, 0.29) is 0 Å². The van der Waals surface area contributed by atoms with Crippen molar-refractivity contribution in [3.63, 3.8) is 0 Å². The lowest BCUT2D eigenvalue weighted by atomic mass is 10.2. The molecule has 0 bridgehead atoms. The maximum absolute atomic E-state index is 6.16. The van der Waals surface area contributed by atoms with Gasteiger partial charge < -0.3 is 15.4 Å². The largest absolute Gasteiger partial charge is 0.495 e. The fourth-order valence-corrected chi connectivity index (χ4v) is 2.68. The maximum Gasteiger partial charge on any atom is 0.244 e. The van der Waals surface area contributed by atoms with Gasteiger partial charge in [0.2, 0.25) is 5.95 Å². The number of aromatic nitrogens is 3. The third-order valence-corrected chi connectivity index (χ3v) is 4.47. The maximum atomic E-state index is 6.16. The predicted molar refractivity (Wildman–Crippen MR) is 105 cm³/mol. The number of nitrogens with zero attached hydrogens (tertiary/aromatic N) is 3. The first-order valence-electron chi connectivity index (χ1n) is 7.85. The Labute approximate surface area is 161 Å². The van der Waals surface area contributed by atoms with E-state index in [4.69, 9.17) is 27.9 Å². The van der Waals surface area contributed by atoms with Crippen molar-refractivity contribution in [3.8, 4) is 5.75 Å². The highest BCUT2D eigenvalue weighted by atomic mass is 35.5. The highest BCUT2D eigenvalue weighted by molar-refractivity contribution is 6.31. The summed E-state index contributed by atoms with van der Waals surface area (Å²) < 4.78 is 5.36. The number of nitrogens with one attached hydrogen (secondary N) is 2. The Bertz CT molecular complexity index is 920. The zero-order valence-electron chi connectivity index (χ0n) is 14.3. The fourth-order valence-electron chi connectivity index (χ4n) is 2.32. The lowest BCUT2D eigenvalue weighted by Crippen LogP contribution is -2.07. The van der Waals surface area contributed by atoms with Crippen LogP contribution in [0.4, 0.5) is 17.5 Å². The average Bonchev–Trinajstić information content (AvgIpc) is 2.64. The van der Waals surface area contributed by atoms with E-state index in [1.165, 1.54) is 6.20 Å². The van der Waals surface area contributed by atoms with Crippen LogP contribution in [0.1, 0.15) is 11.1 Å². The van der Waals surface area contributed by atoms with Gasteiger partial charge in [-0.05, 0) is 30.2 Å². The van der Waals surface area contributed by atoms with Gasteiger partial charge in [0.25, 0.3) is 0 Å². The van der Waals surface area contributed by atoms with Crippen molar-refractivity contribution in [2.45, 2.75) is 13.5 Å². The molecule has 0 saturated carbocycles. The van der Waals surface area contributed by atoms with Crippen molar-refractivity contribution in [1.29, 1.82) is 0 Å². The summed E-state index contributed by atoms with van der Waals surface area (Å²) in [5, 5.41) is 15.6. The Balaban J connectivity index is 1.76. The molecule has 0 fully saturated rings. The first kappa shape index (κ1) is 18.2. The van der Waals surface area contributed by atoms with Crippen molar-refractivity contribution in [2.24, 2.45) is 0 Å². The van der Waals surface area contributed by atoms with Crippen molar-refractivity contribution >= 4 is 40.7 Å². The summed E-state index contributed by atoms with van der Waals surface area (Å²) in [7, 11) is 1.58. The average molecular weight is 390 g/mol. The molecule has 0 aliphatic rings. The van der Waals surface area contributed by atoms with Crippen LogP contribution in [0.5, 0.6) is 5.75 Å². The van der Waals surface area contributed by atoms with E-state index in [9.17, 15) is 0 Å². The molecular weight excluding hydrogens is 373 g/mol. The number of hydrogen-bond donors (Lipinski definition) is 2. The van der Waals surface area contributed by atoms with Gasteiger partial charge in [0.05, 0.1) is 19.0 Å². The van der Waals surface area contributed by atoms with Crippen LogP contribution in [0.25, 0.3) is 0 Å². The van der Waals surface area contributed by atoms with Gasteiger partial charge in [0.15, 0.2) is 5.82 Å². The number of anilines is 3. The van der Waals surface area contributed by atoms with Gasteiger partial charge in [0.1, 0.15) is 5.75 Å². The Morgan fingerprint density at radius 3 is 2.69 bits per heavy atom. The molecule has 8 heteroatoms. The standard InChI is InChI=1S/C18H17Cl2N5O/c1-11-7-15(16(26-2)8-14(11)20)23-17-10-22-25-18(24-17)21-9-12-5-3-4-6-13(12)19/h3-8,10H,9H2,1-2H3,(H2,21,23,24,25). The molecular formula is C18H17Cl2N5O. The molecule has 0 aliphatic carbocycles. The zero-order valence-corrected chi connectivity index (χ0v) is 15.8. The quantitative estimate of drug-likeness (QED) is 0.627. The molecule has 0 amide bonds. The molecule has 26 heavy (non-hydrogen) atoms. The van der Waals surface area contributed by atoms with E-state index in [1.807, 2.05) is 37.3 Å². The normalized spacial score (nSPS) is 10.5. The molecule has 6 nitrogen and oxygen atoms in total. The van der Waals surface area contributed by atoms with Crippen LogP contribution in [0.2, 0.25) is 10.0 Å². The summed E-state index contributed by atoms with van der Waals surface area (Å²) in [5.74, 6) is 1.53. The van der Waals surface area contributed by atoms with Gasteiger partial charge in [-0.15, -0.1) is 5.10 Å². The van der Waals surface area contributed by atoms with Gasteiger partial charge in [-0.1, -0.05) is 41.4 Å². The Morgan fingerprint density at radius 2 is 1.92 bits per heavy atom. The number of hydrogen-bond acceptors (Lipinski definition) is 6. The highest BCUT2D eigenvalue weighted by Gasteiger charge is 2.09. The lowest BCUT2D eigenvalue weighted by molar-refractivity contribution is 0.416. The van der Waals surface area contributed by atoms with Gasteiger partial charge in [-0.2, -0.15) is 10.1 Å². The molecule has 1 aromatic heterocycles. The second-order valence-corrected chi connectivity index (χ2v) is 6.35. The van der Waals surface area contributed by atoms with Crippen LogP contribution in [0, 0.1) is 6.92 Å². The summed E-state index contributed by atoms with van der Waals surface area (Å²) in [6, 6.07) is 11.2. The van der Waals surface area contributed by atoms with E-state index in [0.717, 1.165) is 16.8 Å². The first-order chi connectivity index (χ1) is 12.6. The molecule has 3 aromatic rings. The van der Waals surface area contributed by atoms with Gasteiger partial charge in [-0.3, -0.25) is 0 Å². The van der Waals surface area contributed by atoms with Crippen molar-refractivity contribution in [2.75, 3.05) is 17.7 Å². The van der Waals surface area contributed by atoms with Gasteiger partial charge >= 0.3 is 0 Å². The third-order valence-electron chi connectivity index (χ3n) is 3.70. The Morgan fingerprint density at radius 1 is 1.12 bits per heavy atom. The summed E-state index contributed by atoms with van der Waals surface area (Å²) in [6.07, 6.45) is 1.53. The molecule has 2 aromatic carbocycles. The number of benzene rings is 2. The fraction of sp³-hybridized carbons (Fsp3) is 0.167. The lowest BCUT2D eigenvalue weighted by Gasteiger charge is -2.13. The first-order valence-corrected chi connectivity index (χ1v) is 8.60. The Hall–Kier alpha value is -2.57. The van der Waals surface area contributed by atoms with Crippen molar-refractivity contribution in [3.05, 3.63) is 63.8 Å². The van der Waals surface area contributed by atoms with Crippen LogP contribution in [-0.2, 0) is 6.54 Å². The molecule has 0 saturated heterocycles. The van der Waals surface area contributed by atoms with Crippen LogP contribution >= 0.6 is 23.2 Å². The van der Waals surface area contributed by atoms with E-state index in [0.29, 0.717) is 34.1 Å². The molecule has 134 valence electrons. The molecule has 0 aliphatic heterocycles. The second-order valence-electron chi connectivity index (χ2n) is 5.54. The zero-order chi connectivity index (χ0) is 18.5. The highest BCUT2D eigenvalue weighted by Crippen LogP contribution is 2.32. The van der Waals surface area contributed by atoms with Gasteiger partial charge in [-0.25, -0.2) is 0 Å². The smallest absolute Gasteiger partial charge is 0.244 e. The third kappa shape index (κ3) is 4.33. The number of aryl methyl sites for hydroxylation is 1. The SMILES string of the molecule is COc1cc(Cl)c(C)cc1Nc1cnnc(NCc2ccccc2Cl)n1. The van der Waals surface area contributed by atoms with E-state index >= 15 is 0 Å². The molecule has 0 atom stereocenters. The molecule has 0 radical (unpaired) electrons. The number of halogens is 2. The Kier molecular flexibility index (Phi) is 5.75. The summed E-state index contributed by atoms with van der Waals surface area (Å²) in [6.45, 7) is 2.41. The predicted octanol–water partition coefficient (Wildman–Crippen LogP) is 4.85. The van der Waals surface area contributed by atoms with E-state index in [1.54, 1.807) is 13.2 Å². The minimum atomic E-state index is 0.388. The molecule has 1 heterocycles. The number of ether oxygens (including phenoxy) is 1. The van der Waals surface area contributed by atoms with E-state index < -0.39 is 0 Å². The van der Waals surface area contributed by atoms with Crippen molar-refractivity contribution in [1.82, 2.24) is 15.2 Å². The van der Waals surface area contributed by atoms with Gasteiger partial charge in [0, 0.05) is 22.7 Å². The number of methoxy groups -OCH3 is 1. The van der Waals surface area contributed by atoms with E-state index in [2.05, 4.69) is 25.8 Å². The van der Waals surface area contributed by atoms with Crippen LogP contribution in [0.3, 0.4) is 0 Å². The molecule has 0 spiro atoms. The minimum Gasteiger partial charge on any atom is -0.495 e. The molecule has 0 unspecified atom stereocenters. The monoisotopic (exact) mass is 389 g/mol. The van der Waals surface area contributed by atoms with Crippen LogP contribution < -0.4 is 15.4 Å². The van der Waals surface area contributed by atoms with Crippen LogP contribution in [-0.4, -0.2) is 22.3 Å². The molecule has 3 rings (SSSR count). The number of rotatable bonds is 6. The topological polar surface area (TPSA) is 72.0 Å².